The van der Waals surface area contributed by atoms with Crippen LogP contribution in [0, 0.1) is 6.92 Å². The Morgan fingerprint density at radius 3 is 1.59 bits per heavy atom. The number of phenols is 2. The third-order valence-electron chi connectivity index (χ3n) is 5.87. The number of benzene rings is 1. The zero-order chi connectivity index (χ0) is 19.9. The lowest BCUT2D eigenvalue weighted by Crippen LogP contribution is -1.95. The van der Waals surface area contributed by atoms with E-state index >= 15 is 0 Å². The van der Waals surface area contributed by atoms with Gasteiger partial charge >= 0.3 is 0 Å². The minimum absolute atomic E-state index is 0.288. The van der Waals surface area contributed by atoms with Gasteiger partial charge in [0.1, 0.15) is 11.5 Å². The van der Waals surface area contributed by atoms with Crippen molar-refractivity contribution in [2.24, 2.45) is 0 Å². The maximum Gasteiger partial charge on any atom is 0.119 e. The second-order valence-corrected chi connectivity index (χ2v) is 8.48. The highest BCUT2D eigenvalue weighted by atomic mass is 16.3. The summed E-state index contributed by atoms with van der Waals surface area (Å²) in [6, 6.07) is 3.41. The summed E-state index contributed by atoms with van der Waals surface area (Å²) in [4.78, 5) is 0. The molecule has 1 aromatic carbocycles. The summed E-state index contributed by atoms with van der Waals surface area (Å²) in [5, 5.41) is 19.9. The standard InChI is InChI=1S/C25H44O2/c1-4-5-6-7-8-9-10-11-12-13-14-15-16-17-18-21(2)23-20-24(26)22(3)19-25(23)27/h19-21,26-27H,4-18H2,1-3H3. The SMILES string of the molecule is CCCCCCCCCCCCCCCCC(C)c1cc(O)c(C)cc1O. The average molecular weight is 377 g/mol. The van der Waals surface area contributed by atoms with Crippen molar-refractivity contribution < 1.29 is 10.2 Å². The molecule has 0 bridgehead atoms. The molecule has 27 heavy (non-hydrogen) atoms. The number of phenolic OH excluding ortho intramolecular Hbond substituents is 2. The molecule has 0 aromatic heterocycles. The minimum atomic E-state index is 0.288. The van der Waals surface area contributed by atoms with Crippen LogP contribution in [-0.2, 0) is 0 Å². The van der Waals surface area contributed by atoms with Crippen molar-refractivity contribution in [3.63, 3.8) is 0 Å². The zero-order valence-corrected chi connectivity index (χ0v) is 18.2. The number of aromatic hydroxyl groups is 2. The quantitative estimate of drug-likeness (QED) is 0.225. The molecule has 0 saturated carbocycles. The van der Waals surface area contributed by atoms with E-state index in [0.29, 0.717) is 11.7 Å². The van der Waals surface area contributed by atoms with E-state index < -0.39 is 0 Å². The molecule has 156 valence electrons. The van der Waals surface area contributed by atoms with Crippen molar-refractivity contribution in [3.8, 4) is 11.5 Å². The van der Waals surface area contributed by atoms with Crippen LogP contribution in [0.4, 0.5) is 0 Å². The maximum absolute atomic E-state index is 10.1. The Kier molecular flexibility index (Phi) is 13.1. The van der Waals surface area contributed by atoms with E-state index in [2.05, 4.69) is 13.8 Å². The van der Waals surface area contributed by atoms with Gasteiger partial charge in [-0.05, 0) is 37.0 Å². The Balaban J connectivity index is 1.96. The Morgan fingerprint density at radius 1 is 0.667 bits per heavy atom. The molecule has 0 radical (unpaired) electrons. The lowest BCUT2D eigenvalue weighted by Gasteiger charge is -2.15. The maximum atomic E-state index is 10.1. The molecule has 1 aromatic rings. The average Bonchev–Trinajstić information content (AvgIpc) is 2.64. The summed E-state index contributed by atoms with van der Waals surface area (Å²) in [6.45, 7) is 6.24. The number of rotatable bonds is 16. The number of hydrogen-bond acceptors (Lipinski definition) is 2. The lowest BCUT2D eigenvalue weighted by atomic mass is 9.92. The fraction of sp³-hybridized carbons (Fsp3) is 0.760. The second kappa shape index (κ2) is 14.8. The number of hydrogen-bond donors (Lipinski definition) is 2. The first-order valence-electron chi connectivity index (χ1n) is 11.6. The number of aryl methyl sites for hydroxylation is 1. The van der Waals surface area contributed by atoms with Crippen molar-refractivity contribution in [1.82, 2.24) is 0 Å². The van der Waals surface area contributed by atoms with E-state index in [9.17, 15) is 10.2 Å². The molecular formula is C25H44O2. The van der Waals surface area contributed by atoms with Gasteiger partial charge in [-0.25, -0.2) is 0 Å². The third-order valence-corrected chi connectivity index (χ3v) is 5.87. The summed E-state index contributed by atoms with van der Waals surface area (Å²) in [6.07, 6.45) is 20.4. The summed E-state index contributed by atoms with van der Waals surface area (Å²) in [5.41, 5.74) is 1.62. The fourth-order valence-corrected chi connectivity index (χ4v) is 3.89. The zero-order valence-electron chi connectivity index (χ0n) is 18.2. The predicted molar refractivity (Wildman–Crippen MR) is 118 cm³/mol. The van der Waals surface area contributed by atoms with Crippen LogP contribution in [0.1, 0.15) is 127 Å². The molecule has 1 rings (SSSR count). The van der Waals surface area contributed by atoms with E-state index in [1.807, 2.05) is 6.92 Å². The molecule has 0 aliphatic carbocycles. The van der Waals surface area contributed by atoms with Crippen molar-refractivity contribution in [2.75, 3.05) is 0 Å². The molecule has 1 atom stereocenters. The van der Waals surface area contributed by atoms with E-state index in [1.165, 1.54) is 89.9 Å². The normalized spacial score (nSPS) is 12.4. The largest absolute Gasteiger partial charge is 0.508 e. The Labute approximate surface area is 168 Å². The van der Waals surface area contributed by atoms with Crippen LogP contribution in [0.2, 0.25) is 0 Å². The van der Waals surface area contributed by atoms with Crippen LogP contribution in [0.25, 0.3) is 0 Å². The van der Waals surface area contributed by atoms with Crippen LogP contribution < -0.4 is 0 Å². The van der Waals surface area contributed by atoms with Gasteiger partial charge in [0.05, 0.1) is 0 Å². The van der Waals surface area contributed by atoms with Gasteiger partial charge in [-0.3, -0.25) is 0 Å². The summed E-state index contributed by atoms with van der Waals surface area (Å²) in [7, 11) is 0. The molecule has 2 nitrogen and oxygen atoms in total. The first kappa shape index (κ1) is 23.9. The molecule has 0 spiro atoms. The second-order valence-electron chi connectivity index (χ2n) is 8.48. The van der Waals surface area contributed by atoms with Gasteiger partial charge < -0.3 is 10.2 Å². The van der Waals surface area contributed by atoms with Crippen molar-refractivity contribution >= 4 is 0 Å². The molecule has 0 saturated heterocycles. The highest BCUT2D eigenvalue weighted by Crippen LogP contribution is 2.34. The summed E-state index contributed by atoms with van der Waals surface area (Å²) in [5.74, 6) is 0.910. The van der Waals surface area contributed by atoms with Crippen LogP contribution in [0.3, 0.4) is 0 Å². The molecule has 0 aliphatic rings. The molecule has 2 N–H and O–H groups in total. The Hall–Kier alpha value is -1.18. The monoisotopic (exact) mass is 376 g/mol. The van der Waals surface area contributed by atoms with Crippen molar-refractivity contribution in [3.05, 3.63) is 23.3 Å². The number of unbranched alkanes of at least 4 members (excludes halogenated alkanes) is 13. The molecule has 2 heteroatoms. The third kappa shape index (κ3) is 10.7. The molecule has 0 fully saturated rings. The van der Waals surface area contributed by atoms with Crippen LogP contribution in [-0.4, -0.2) is 10.2 Å². The fourth-order valence-electron chi connectivity index (χ4n) is 3.89. The first-order valence-corrected chi connectivity index (χ1v) is 11.6. The topological polar surface area (TPSA) is 40.5 Å². The first-order chi connectivity index (χ1) is 13.1. The van der Waals surface area contributed by atoms with Gasteiger partial charge in [0.25, 0.3) is 0 Å². The van der Waals surface area contributed by atoms with Gasteiger partial charge in [-0.2, -0.15) is 0 Å². The van der Waals surface area contributed by atoms with Crippen LogP contribution in [0.5, 0.6) is 11.5 Å². The highest BCUT2D eigenvalue weighted by Gasteiger charge is 2.12. The smallest absolute Gasteiger partial charge is 0.119 e. The molecule has 0 aliphatic heterocycles. The van der Waals surface area contributed by atoms with Crippen LogP contribution >= 0.6 is 0 Å². The molecule has 0 heterocycles. The van der Waals surface area contributed by atoms with Gasteiger partial charge in [0.15, 0.2) is 0 Å². The summed E-state index contributed by atoms with van der Waals surface area (Å²) < 4.78 is 0. The van der Waals surface area contributed by atoms with Crippen molar-refractivity contribution in [1.29, 1.82) is 0 Å². The molecular weight excluding hydrogens is 332 g/mol. The Morgan fingerprint density at radius 2 is 1.11 bits per heavy atom. The van der Waals surface area contributed by atoms with E-state index in [1.54, 1.807) is 12.1 Å². The van der Waals surface area contributed by atoms with E-state index in [4.69, 9.17) is 0 Å². The van der Waals surface area contributed by atoms with Gasteiger partial charge in [-0.1, -0.05) is 104 Å². The minimum Gasteiger partial charge on any atom is -0.508 e. The summed E-state index contributed by atoms with van der Waals surface area (Å²) >= 11 is 0. The van der Waals surface area contributed by atoms with Gasteiger partial charge in [0, 0.05) is 5.56 Å². The van der Waals surface area contributed by atoms with E-state index in [-0.39, 0.29) is 5.75 Å². The predicted octanol–water partition coefficient (Wildman–Crippen LogP) is 8.38. The molecule has 0 amide bonds. The van der Waals surface area contributed by atoms with Crippen molar-refractivity contribution in [2.45, 2.75) is 123 Å². The van der Waals surface area contributed by atoms with Gasteiger partial charge in [-0.15, -0.1) is 0 Å². The van der Waals surface area contributed by atoms with Crippen LogP contribution in [0.15, 0.2) is 12.1 Å². The lowest BCUT2D eigenvalue weighted by molar-refractivity contribution is 0.442. The molecule has 1 unspecified atom stereocenters. The highest BCUT2D eigenvalue weighted by molar-refractivity contribution is 5.45. The van der Waals surface area contributed by atoms with E-state index in [0.717, 1.165) is 17.5 Å². The van der Waals surface area contributed by atoms with Gasteiger partial charge in [0.2, 0.25) is 0 Å². The Bertz CT molecular complexity index is 495.